The number of rotatable bonds is 5. The summed E-state index contributed by atoms with van der Waals surface area (Å²) in [7, 11) is -4.68. The van der Waals surface area contributed by atoms with Crippen molar-refractivity contribution in [1.29, 1.82) is 5.26 Å². The number of benzene rings is 1. The van der Waals surface area contributed by atoms with Gasteiger partial charge in [0, 0.05) is 31.4 Å². The van der Waals surface area contributed by atoms with E-state index in [9.17, 15) is 36.4 Å². The van der Waals surface area contributed by atoms with Gasteiger partial charge >= 0.3 is 12.3 Å². The van der Waals surface area contributed by atoms with Gasteiger partial charge in [-0.2, -0.15) is 18.4 Å². The smallest absolute Gasteiger partial charge is 0.417 e. The molecule has 2 aliphatic heterocycles. The van der Waals surface area contributed by atoms with Crippen LogP contribution in [0.15, 0.2) is 23.1 Å². The van der Waals surface area contributed by atoms with E-state index in [1.54, 1.807) is 31.9 Å². The average Bonchev–Trinajstić information content (AvgIpc) is 3.58. The molecule has 0 unspecified atom stereocenters. The van der Waals surface area contributed by atoms with Gasteiger partial charge in [0.05, 0.1) is 28.9 Å². The maximum atomic E-state index is 14.2. The van der Waals surface area contributed by atoms with E-state index in [2.05, 4.69) is 0 Å². The number of carbonyl (C=O) groups excluding carboxylic acids is 2. The predicted octanol–water partition coefficient (Wildman–Crippen LogP) is 3.17. The van der Waals surface area contributed by atoms with Gasteiger partial charge in [0.2, 0.25) is 0 Å². The maximum absolute atomic E-state index is 14.2. The summed E-state index contributed by atoms with van der Waals surface area (Å²) < 4.78 is 80.5. The molecule has 2 amide bonds. The second-order valence-electron chi connectivity index (χ2n) is 10.9. The number of anilines is 1. The van der Waals surface area contributed by atoms with Crippen molar-refractivity contribution in [3.05, 3.63) is 23.8 Å². The number of morpholine rings is 1. The standard InChI is InChI=1S/C25H31F3N4O6S/c1-24(2,3)38-23(34)31-14-18(13-20(31)22(33)32(15-29)16-4-5-16)39(35,36)21-7-6-17(12-19(21)25(26,27)28)30-8-10-37-11-9-30/h6-7,12,16,18,20H,4-5,8-11,13-14H2,1-3H3/t18-,20+/m1/s1. The second-order valence-corrected chi connectivity index (χ2v) is 13.1. The number of hydrogen-bond acceptors (Lipinski definition) is 8. The van der Waals surface area contributed by atoms with Gasteiger partial charge in [-0.25, -0.2) is 18.1 Å². The number of carbonyl (C=O) groups is 2. The monoisotopic (exact) mass is 572 g/mol. The highest BCUT2D eigenvalue weighted by Gasteiger charge is 2.51. The topological polar surface area (TPSA) is 120 Å². The van der Waals surface area contributed by atoms with E-state index in [0.29, 0.717) is 39.1 Å². The largest absolute Gasteiger partial charge is 0.444 e. The number of amides is 2. The number of sulfone groups is 1. The van der Waals surface area contributed by atoms with Crippen LogP contribution in [0.2, 0.25) is 0 Å². The Morgan fingerprint density at radius 1 is 1.15 bits per heavy atom. The van der Waals surface area contributed by atoms with Gasteiger partial charge in [-0.05, 0) is 58.2 Å². The van der Waals surface area contributed by atoms with Gasteiger partial charge in [0.15, 0.2) is 16.0 Å². The molecule has 3 fully saturated rings. The first-order chi connectivity index (χ1) is 18.1. The molecule has 2 atom stereocenters. The summed E-state index contributed by atoms with van der Waals surface area (Å²) >= 11 is 0. The quantitative estimate of drug-likeness (QED) is 0.390. The zero-order valence-electron chi connectivity index (χ0n) is 21.9. The number of hydrogen-bond donors (Lipinski definition) is 0. The van der Waals surface area contributed by atoms with Crippen molar-refractivity contribution in [2.24, 2.45) is 0 Å². The molecular weight excluding hydrogens is 541 g/mol. The predicted molar refractivity (Wildman–Crippen MR) is 132 cm³/mol. The molecule has 0 radical (unpaired) electrons. The Morgan fingerprint density at radius 2 is 1.79 bits per heavy atom. The molecule has 2 heterocycles. The molecule has 4 rings (SSSR count). The molecule has 14 heteroatoms. The highest BCUT2D eigenvalue weighted by atomic mass is 32.2. The third-order valence-electron chi connectivity index (χ3n) is 6.82. The summed E-state index contributed by atoms with van der Waals surface area (Å²) in [6, 6.07) is 1.35. The fourth-order valence-corrected chi connectivity index (χ4v) is 6.66. The SMILES string of the molecule is CC(C)(C)OC(=O)N1C[C@H](S(=O)(=O)c2ccc(N3CCOCC3)cc2C(F)(F)F)C[C@H]1C(=O)N(C#N)C1CC1. The minimum absolute atomic E-state index is 0.216. The fourth-order valence-electron chi connectivity index (χ4n) is 4.77. The van der Waals surface area contributed by atoms with E-state index in [-0.39, 0.29) is 11.7 Å². The van der Waals surface area contributed by atoms with Gasteiger partial charge < -0.3 is 14.4 Å². The zero-order valence-corrected chi connectivity index (χ0v) is 22.7. The normalized spacial score (nSPS) is 22.4. The molecule has 1 aliphatic carbocycles. The van der Waals surface area contributed by atoms with E-state index in [1.165, 1.54) is 6.07 Å². The van der Waals surface area contributed by atoms with Crippen molar-refractivity contribution in [2.45, 2.75) is 74.0 Å². The summed E-state index contributed by atoms with van der Waals surface area (Å²) in [6.07, 6.45) is -3.46. The minimum Gasteiger partial charge on any atom is -0.444 e. The van der Waals surface area contributed by atoms with E-state index in [4.69, 9.17) is 9.47 Å². The van der Waals surface area contributed by atoms with Crippen molar-refractivity contribution < 1.29 is 40.7 Å². The molecule has 0 N–H and O–H groups in total. The second kappa shape index (κ2) is 10.5. The Kier molecular flexibility index (Phi) is 7.79. The van der Waals surface area contributed by atoms with Crippen LogP contribution >= 0.6 is 0 Å². The van der Waals surface area contributed by atoms with E-state index >= 15 is 0 Å². The Hall–Kier alpha value is -3.05. The van der Waals surface area contributed by atoms with Crippen molar-refractivity contribution in [3.8, 4) is 6.19 Å². The maximum Gasteiger partial charge on any atom is 0.417 e. The molecule has 39 heavy (non-hydrogen) atoms. The van der Waals surface area contributed by atoms with Crippen LogP contribution in [0.5, 0.6) is 0 Å². The molecule has 214 valence electrons. The zero-order chi connectivity index (χ0) is 28.8. The Labute approximate surface area is 225 Å². The molecular formula is C25H31F3N4O6S. The lowest BCUT2D eigenvalue weighted by Crippen LogP contribution is -2.48. The van der Waals surface area contributed by atoms with Crippen LogP contribution in [-0.2, 0) is 30.3 Å². The molecule has 1 aromatic rings. The highest BCUT2D eigenvalue weighted by molar-refractivity contribution is 7.92. The van der Waals surface area contributed by atoms with E-state index in [0.717, 1.165) is 21.9 Å². The van der Waals surface area contributed by atoms with E-state index < -0.39 is 68.3 Å². The number of halogens is 3. The first-order valence-electron chi connectivity index (χ1n) is 12.6. The van der Waals surface area contributed by atoms with Gasteiger partial charge in [-0.15, -0.1) is 0 Å². The van der Waals surface area contributed by atoms with Crippen LogP contribution in [0, 0.1) is 11.5 Å². The summed E-state index contributed by atoms with van der Waals surface area (Å²) in [5.41, 5.74) is -2.08. The minimum atomic E-state index is -4.98. The molecule has 1 saturated carbocycles. The first kappa shape index (κ1) is 28.9. The lowest BCUT2D eigenvalue weighted by molar-refractivity contribution is -0.139. The Bertz CT molecular complexity index is 1260. The van der Waals surface area contributed by atoms with Crippen LogP contribution in [0.4, 0.5) is 23.7 Å². The van der Waals surface area contributed by atoms with Crippen LogP contribution in [0.1, 0.15) is 45.6 Å². The Balaban J connectivity index is 1.69. The molecule has 0 bridgehead atoms. The van der Waals surface area contributed by atoms with Gasteiger partial charge in [0.25, 0.3) is 5.91 Å². The van der Waals surface area contributed by atoms with Crippen LogP contribution in [0.25, 0.3) is 0 Å². The van der Waals surface area contributed by atoms with Gasteiger partial charge in [-0.1, -0.05) is 0 Å². The lowest BCUT2D eigenvalue weighted by atomic mass is 10.1. The van der Waals surface area contributed by atoms with Crippen LogP contribution in [-0.4, -0.2) is 86.0 Å². The number of ether oxygens (including phenoxy) is 2. The van der Waals surface area contributed by atoms with E-state index in [1.807, 2.05) is 0 Å². The number of nitriles is 1. The van der Waals surface area contributed by atoms with Crippen LogP contribution < -0.4 is 4.90 Å². The molecule has 10 nitrogen and oxygen atoms in total. The van der Waals surface area contributed by atoms with Crippen molar-refractivity contribution in [1.82, 2.24) is 9.80 Å². The number of nitrogens with zero attached hydrogens (tertiary/aromatic N) is 4. The first-order valence-corrected chi connectivity index (χ1v) is 14.2. The molecule has 3 aliphatic rings. The third-order valence-corrected chi connectivity index (χ3v) is 9.01. The summed E-state index contributed by atoms with van der Waals surface area (Å²) in [5.74, 6) is -0.776. The van der Waals surface area contributed by atoms with Crippen molar-refractivity contribution in [3.63, 3.8) is 0 Å². The average molecular weight is 573 g/mol. The van der Waals surface area contributed by atoms with Crippen molar-refractivity contribution >= 4 is 27.5 Å². The van der Waals surface area contributed by atoms with Crippen molar-refractivity contribution in [2.75, 3.05) is 37.7 Å². The Morgan fingerprint density at radius 3 is 2.33 bits per heavy atom. The molecule has 0 aromatic heterocycles. The summed E-state index contributed by atoms with van der Waals surface area (Å²) in [6.45, 7) is 5.59. The summed E-state index contributed by atoms with van der Waals surface area (Å²) in [5, 5.41) is 7.99. The fraction of sp³-hybridized carbons (Fsp3) is 0.640. The van der Waals surface area contributed by atoms with Gasteiger partial charge in [0.1, 0.15) is 11.6 Å². The molecule has 1 aromatic carbocycles. The van der Waals surface area contributed by atoms with Gasteiger partial charge in [-0.3, -0.25) is 9.69 Å². The molecule has 0 spiro atoms. The summed E-state index contributed by atoms with van der Waals surface area (Å²) in [4.78, 5) is 28.8. The highest BCUT2D eigenvalue weighted by Crippen LogP contribution is 2.40. The number of likely N-dealkylation sites (tertiary alicyclic amines) is 1. The lowest BCUT2D eigenvalue weighted by Gasteiger charge is -2.30. The number of alkyl halides is 3. The third kappa shape index (κ3) is 6.24. The van der Waals surface area contributed by atoms with Crippen LogP contribution in [0.3, 0.4) is 0 Å². The molecule has 2 saturated heterocycles.